The van der Waals surface area contributed by atoms with Gasteiger partial charge in [-0.2, -0.15) is 0 Å². The van der Waals surface area contributed by atoms with Gasteiger partial charge in [-0.1, -0.05) is 6.42 Å². The third kappa shape index (κ3) is 4.95. The van der Waals surface area contributed by atoms with E-state index in [1.807, 2.05) is 0 Å². The Labute approximate surface area is 105 Å². The van der Waals surface area contributed by atoms with Gasteiger partial charge in [-0.3, -0.25) is 9.18 Å². The highest BCUT2D eigenvalue weighted by atomic mass is 19.1. The van der Waals surface area contributed by atoms with Crippen molar-refractivity contribution in [3.63, 3.8) is 0 Å². The Morgan fingerprint density at radius 3 is 2.33 bits per heavy atom. The van der Waals surface area contributed by atoms with Crippen LogP contribution in [0.1, 0.15) is 36.0 Å². The van der Waals surface area contributed by atoms with Crippen molar-refractivity contribution in [2.45, 2.75) is 25.7 Å². The number of carboxylic acid groups (broad SMARTS) is 1. The van der Waals surface area contributed by atoms with Gasteiger partial charge < -0.3 is 10.4 Å². The van der Waals surface area contributed by atoms with E-state index in [0.29, 0.717) is 31.4 Å². The van der Waals surface area contributed by atoms with Crippen LogP contribution in [0.5, 0.6) is 0 Å². The predicted octanol–water partition coefficient (Wildman–Crippen LogP) is 2.85. The summed E-state index contributed by atoms with van der Waals surface area (Å²) in [5.74, 6) is -1.14. The summed E-state index contributed by atoms with van der Waals surface area (Å²) in [6.07, 6.45) is 2.19. The monoisotopic (exact) mass is 253 g/mol. The number of anilines is 1. The maximum Gasteiger partial charge on any atom is 0.335 e. The molecule has 2 N–H and O–H groups in total. The summed E-state index contributed by atoms with van der Waals surface area (Å²) in [4.78, 5) is 22.1. The lowest BCUT2D eigenvalue weighted by atomic mass is 10.2. The van der Waals surface area contributed by atoms with E-state index in [4.69, 9.17) is 5.11 Å². The largest absolute Gasteiger partial charge is 0.478 e. The molecule has 0 aliphatic carbocycles. The smallest absolute Gasteiger partial charge is 0.335 e. The van der Waals surface area contributed by atoms with Crippen LogP contribution >= 0.6 is 0 Å². The number of hydrogen-bond acceptors (Lipinski definition) is 2. The molecule has 5 heteroatoms. The van der Waals surface area contributed by atoms with Crippen molar-refractivity contribution in [3.05, 3.63) is 29.8 Å². The zero-order valence-electron chi connectivity index (χ0n) is 9.99. The van der Waals surface area contributed by atoms with Gasteiger partial charge in [0.05, 0.1) is 12.2 Å². The van der Waals surface area contributed by atoms with Crippen LogP contribution in [-0.4, -0.2) is 23.7 Å². The first-order chi connectivity index (χ1) is 8.63. The first kappa shape index (κ1) is 14.2. The number of carboxylic acids is 1. The molecule has 1 aromatic rings. The molecule has 0 saturated carbocycles. The minimum absolute atomic E-state index is 0.142. The van der Waals surface area contributed by atoms with Gasteiger partial charge in [0.15, 0.2) is 0 Å². The first-order valence-corrected chi connectivity index (χ1v) is 5.82. The maximum atomic E-state index is 11.8. The number of nitrogens with one attached hydrogen (secondary N) is 1. The van der Waals surface area contributed by atoms with E-state index in [2.05, 4.69) is 5.32 Å². The average molecular weight is 253 g/mol. The highest BCUT2D eigenvalue weighted by molar-refractivity contribution is 5.92. The fourth-order valence-corrected chi connectivity index (χ4v) is 1.48. The van der Waals surface area contributed by atoms with Gasteiger partial charge in [0.25, 0.3) is 0 Å². The van der Waals surface area contributed by atoms with Crippen molar-refractivity contribution in [2.75, 3.05) is 12.0 Å². The Kier molecular flexibility index (Phi) is 5.84. The summed E-state index contributed by atoms with van der Waals surface area (Å²) in [6.45, 7) is -0.349. The number of benzene rings is 1. The van der Waals surface area contributed by atoms with Gasteiger partial charge in [0.1, 0.15) is 0 Å². The van der Waals surface area contributed by atoms with E-state index in [1.165, 1.54) is 12.1 Å². The molecular formula is C13H16FNO3. The molecule has 0 aromatic heterocycles. The molecule has 0 bridgehead atoms. The molecule has 0 atom stereocenters. The van der Waals surface area contributed by atoms with Crippen LogP contribution in [0.25, 0.3) is 0 Å². The van der Waals surface area contributed by atoms with Gasteiger partial charge in [-0.25, -0.2) is 4.79 Å². The van der Waals surface area contributed by atoms with Crippen molar-refractivity contribution < 1.29 is 19.1 Å². The molecule has 0 saturated heterocycles. The van der Waals surface area contributed by atoms with Crippen molar-refractivity contribution in [1.29, 1.82) is 0 Å². The SMILES string of the molecule is O=C(CCCCCF)Nc1ccc(C(=O)O)cc1. The van der Waals surface area contributed by atoms with Crippen LogP contribution < -0.4 is 5.32 Å². The lowest BCUT2D eigenvalue weighted by Crippen LogP contribution is -2.11. The van der Waals surface area contributed by atoms with Gasteiger partial charge in [-0.05, 0) is 37.1 Å². The summed E-state index contributed by atoms with van der Waals surface area (Å²) in [5, 5.41) is 11.4. The molecule has 0 fully saturated rings. The van der Waals surface area contributed by atoms with Crippen LogP contribution in [0.2, 0.25) is 0 Å². The number of aromatic carboxylic acids is 1. The Bertz CT molecular complexity index is 403. The Hall–Kier alpha value is -1.91. The number of unbranched alkanes of at least 4 members (excludes halogenated alkanes) is 2. The Balaban J connectivity index is 2.37. The first-order valence-electron chi connectivity index (χ1n) is 5.82. The molecule has 1 amide bonds. The number of rotatable bonds is 7. The van der Waals surface area contributed by atoms with Crippen molar-refractivity contribution in [1.82, 2.24) is 0 Å². The van der Waals surface area contributed by atoms with E-state index in [1.54, 1.807) is 12.1 Å². The number of carbonyl (C=O) groups is 2. The topological polar surface area (TPSA) is 66.4 Å². The molecule has 0 spiro atoms. The molecule has 0 radical (unpaired) electrons. The molecule has 0 heterocycles. The van der Waals surface area contributed by atoms with Gasteiger partial charge >= 0.3 is 5.97 Å². The molecule has 98 valence electrons. The van der Waals surface area contributed by atoms with Crippen LogP contribution in [-0.2, 0) is 4.79 Å². The molecule has 4 nitrogen and oxygen atoms in total. The standard InChI is InChI=1S/C13H16FNO3/c14-9-3-1-2-4-12(16)15-11-7-5-10(6-8-11)13(17)18/h5-8H,1-4,9H2,(H,15,16)(H,17,18). The fourth-order valence-electron chi connectivity index (χ4n) is 1.48. The molecule has 1 rings (SSSR count). The number of amides is 1. The number of carbonyl (C=O) groups excluding carboxylic acids is 1. The zero-order chi connectivity index (χ0) is 13.4. The van der Waals surface area contributed by atoms with Gasteiger partial charge in [0, 0.05) is 12.1 Å². The van der Waals surface area contributed by atoms with Gasteiger partial charge in [0.2, 0.25) is 5.91 Å². The lowest BCUT2D eigenvalue weighted by Gasteiger charge is -2.05. The minimum atomic E-state index is -1.00. The van der Waals surface area contributed by atoms with E-state index in [-0.39, 0.29) is 18.1 Å². The van der Waals surface area contributed by atoms with Crippen molar-refractivity contribution >= 4 is 17.6 Å². The summed E-state index contributed by atoms with van der Waals surface area (Å²) < 4.78 is 11.8. The van der Waals surface area contributed by atoms with E-state index >= 15 is 0 Å². The molecule has 0 aliphatic heterocycles. The van der Waals surface area contributed by atoms with Gasteiger partial charge in [-0.15, -0.1) is 0 Å². The lowest BCUT2D eigenvalue weighted by molar-refractivity contribution is -0.116. The second-order valence-corrected chi connectivity index (χ2v) is 3.93. The predicted molar refractivity (Wildman–Crippen MR) is 66.5 cm³/mol. The quantitative estimate of drug-likeness (QED) is 0.734. The normalized spacial score (nSPS) is 10.1. The zero-order valence-corrected chi connectivity index (χ0v) is 9.99. The Morgan fingerprint density at radius 2 is 1.78 bits per heavy atom. The number of hydrogen-bond donors (Lipinski definition) is 2. The van der Waals surface area contributed by atoms with E-state index in [9.17, 15) is 14.0 Å². The van der Waals surface area contributed by atoms with Crippen molar-refractivity contribution in [2.24, 2.45) is 0 Å². The highest BCUT2D eigenvalue weighted by Gasteiger charge is 2.04. The van der Waals surface area contributed by atoms with Crippen molar-refractivity contribution in [3.8, 4) is 0 Å². The highest BCUT2D eigenvalue weighted by Crippen LogP contribution is 2.10. The molecular weight excluding hydrogens is 237 g/mol. The van der Waals surface area contributed by atoms with Crippen LogP contribution in [0, 0.1) is 0 Å². The average Bonchev–Trinajstić information content (AvgIpc) is 2.35. The summed E-state index contributed by atoms with van der Waals surface area (Å²) in [6, 6.07) is 5.95. The van der Waals surface area contributed by atoms with E-state index in [0.717, 1.165) is 0 Å². The second-order valence-electron chi connectivity index (χ2n) is 3.93. The number of alkyl halides is 1. The third-order valence-corrected chi connectivity index (χ3v) is 2.45. The Morgan fingerprint density at radius 1 is 1.11 bits per heavy atom. The van der Waals surface area contributed by atoms with Crippen LogP contribution in [0.3, 0.4) is 0 Å². The fraction of sp³-hybridized carbons (Fsp3) is 0.385. The van der Waals surface area contributed by atoms with Crippen LogP contribution in [0.15, 0.2) is 24.3 Å². The molecule has 0 aliphatic rings. The summed E-state index contributed by atoms with van der Waals surface area (Å²) >= 11 is 0. The van der Waals surface area contributed by atoms with Crippen LogP contribution in [0.4, 0.5) is 10.1 Å². The maximum absolute atomic E-state index is 11.8. The molecule has 18 heavy (non-hydrogen) atoms. The third-order valence-electron chi connectivity index (χ3n) is 2.45. The summed E-state index contributed by atoms with van der Waals surface area (Å²) in [5.41, 5.74) is 0.742. The second kappa shape index (κ2) is 7.42. The minimum Gasteiger partial charge on any atom is -0.478 e. The van der Waals surface area contributed by atoms with E-state index < -0.39 is 5.97 Å². The summed E-state index contributed by atoms with van der Waals surface area (Å²) in [7, 11) is 0. The molecule has 0 unspecified atom stereocenters. The molecule has 1 aromatic carbocycles. The number of halogens is 1.